The van der Waals surface area contributed by atoms with E-state index in [2.05, 4.69) is 12.2 Å². The monoisotopic (exact) mass is 299 g/mol. The second-order valence-corrected chi connectivity index (χ2v) is 5.03. The Labute approximate surface area is 125 Å². The van der Waals surface area contributed by atoms with Gasteiger partial charge in [0.25, 0.3) is 5.91 Å². The predicted octanol–water partition coefficient (Wildman–Crippen LogP) is 3.09. The fraction of sp³-hybridized carbons (Fsp3) is 0.533. The fourth-order valence-electron chi connectivity index (χ4n) is 1.82. The third kappa shape index (κ3) is 4.93. The lowest BCUT2D eigenvalue weighted by Crippen LogP contribution is -2.25. The van der Waals surface area contributed by atoms with E-state index in [1.165, 1.54) is 0 Å². The van der Waals surface area contributed by atoms with Crippen LogP contribution >= 0.6 is 11.6 Å². The lowest BCUT2D eigenvalue weighted by molar-refractivity contribution is 0.0949. The number of rotatable bonds is 8. The summed E-state index contributed by atoms with van der Waals surface area (Å²) in [4.78, 5) is 12.1. The molecular formula is C15H22ClNO3. The van der Waals surface area contributed by atoms with Gasteiger partial charge in [-0.2, -0.15) is 0 Å². The lowest BCUT2D eigenvalue weighted by Gasteiger charge is -2.11. The Hall–Kier alpha value is -1.42. The van der Waals surface area contributed by atoms with Gasteiger partial charge in [-0.05, 0) is 37.0 Å². The summed E-state index contributed by atoms with van der Waals surface area (Å²) in [6, 6.07) is 5.16. The Kier molecular flexibility index (Phi) is 7.23. The molecule has 1 unspecified atom stereocenters. The molecule has 1 rings (SSSR count). The number of nitrogens with one attached hydrogen (secondary N) is 1. The maximum absolute atomic E-state index is 12.1. The summed E-state index contributed by atoms with van der Waals surface area (Å²) in [5.41, 5.74) is 0.484. The standard InChI is InChI=1S/C15H22ClNO3/c1-11(10-16)5-4-8-17-15(18)13-9-12(19-2)6-7-14(13)20-3/h6-7,9,11H,4-5,8,10H2,1-3H3,(H,17,18). The Morgan fingerprint density at radius 2 is 2.10 bits per heavy atom. The molecule has 4 nitrogen and oxygen atoms in total. The van der Waals surface area contributed by atoms with E-state index in [0.29, 0.717) is 35.4 Å². The Morgan fingerprint density at radius 3 is 2.70 bits per heavy atom. The molecule has 20 heavy (non-hydrogen) atoms. The molecule has 0 spiro atoms. The van der Waals surface area contributed by atoms with Crippen LogP contribution in [0.15, 0.2) is 18.2 Å². The van der Waals surface area contributed by atoms with Crippen molar-refractivity contribution in [1.82, 2.24) is 5.32 Å². The zero-order chi connectivity index (χ0) is 15.0. The van der Waals surface area contributed by atoms with E-state index in [-0.39, 0.29) is 5.91 Å². The van der Waals surface area contributed by atoms with Crippen LogP contribution in [0.1, 0.15) is 30.1 Å². The van der Waals surface area contributed by atoms with Gasteiger partial charge >= 0.3 is 0 Å². The van der Waals surface area contributed by atoms with Gasteiger partial charge in [-0.3, -0.25) is 4.79 Å². The number of amides is 1. The van der Waals surface area contributed by atoms with Crippen molar-refractivity contribution >= 4 is 17.5 Å². The van der Waals surface area contributed by atoms with Gasteiger partial charge in [0.2, 0.25) is 0 Å². The first-order chi connectivity index (χ1) is 9.62. The van der Waals surface area contributed by atoms with Crippen molar-refractivity contribution < 1.29 is 14.3 Å². The first kappa shape index (κ1) is 16.6. The van der Waals surface area contributed by atoms with Crippen molar-refractivity contribution in [1.29, 1.82) is 0 Å². The quantitative estimate of drug-likeness (QED) is 0.593. The zero-order valence-electron chi connectivity index (χ0n) is 12.2. The van der Waals surface area contributed by atoms with Crippen molar-refractivity contribution in [2.24, 2.45) is 5.92 Å². The van der Waals surface area contributed by atoms with Gasteiger partial charge in [0.05, 0.1) is 19.8 Å². The van der Waals surface area contributed by atoms with Gasteiger partial charge in [0.1, 0.15) is 11.5 Å². The minimum Gasteiger partial charge on any atom is -0.497 e. The highest BCUT2D eigenvalue weighted by Gasteiger charge is 2.13. The summed E-state index contributed by atoms with van der Waals surface area (Å²) in [5.74, 6) is 2.14. The van der Waals surface area contributed by atoms with Crippen LogP contribution in [0.25, 0.3) is 0 Å². The van der Waals surface area contributed by atoms with E-state index in [0.717, 1.165) is 12.8 Å². The minimum atomic E-state index is -0.153. The average molecular weight is 300 g/mol. The van der Waals surface area contributed by atoms with Gasteiger partial charge in [0, 0.05) is 12.4 Å². The van der Waals surface area contributed by atoms with Gasteiger partial charge in [-0.25, -0.2) is 0 Å². The first-order valence-electron chi connectivity index (χ1n) is 6.68. The van der Waals surface area contributed by atoms with Crippen LogP contribution in [-0.4, -0.2) is 32.6 Å². The average Bonchev–Trinajstić information content (AvgIpc) is 2.50. The van der Waals surface area contributed by atoms with E-state index in [1.54, 1.807) is 32.4 Å². The summed E-state index contributed by atoms with van der Waals surface area (Å²) < 4.78 is 10.3. The van der Waals surface area contributed by atoms with Gasteiger partial charge in [-0.1, -0.05) is 6.92 Å². The molecular weight excluding hydrogens is 278 g/mol. The number of hydrogen-bond donors (Lipinski definition) is 1. The molecule has 112 valence electrons. The molecule has 0 bridgehead atoms. The zero-order valence-corrected chi connectivity index (χ0v) is 13.0. The number of alkyl halides is 1. The molecule has 0 saturated heterocycles. The molecule has 0 radical (unpaired) electrons. The summed E-state index contributed by atoms with van der Waals surface area (Å²) in [6.45, 7) is 2.72. The summed E-state index contributed by atoms with van der Waals surface area (Å²) >= 11 is 5.74. The number of carbonyl (C=O) groups is 1. The maximum atomic E-state index is 12.1. The third-order valence-electron chi connectivity index (χ3n) is 3.07. The van der Waals surface area contributed by atoms with Gasteiger partial charge in [-0.15, -0.1) is 11.6 Å². The highest BCUT2D eigenvalue weighted by molar-refractivity contribution is 6.18. The number of halogens is 1. The Morgan fingerprint density at radius 1 is 1.35 bits per heavy atom. The van der Waals surface area contributed by atoms with E-state index >= 15 is 0 Å². The maximum Gasteiger partial charge on any atom is 0.255 e. The van der Waals surface area contributed by atoms with E-state index in [9.17, 15) is 4.79 Å². The van der Waals surface area contributed by atoms with Crippen molar-refractivity contribution in [2.45, 2.75) is 19.8 Å². The number of benzene rings is 1. The number of carbonyl (C=O) groups excluding carboxylic acids is 1. The molecule has 0 saturated carbocycles. The molecule has 5 heteroatoms. The molecule has 0 aliphatic rings. The van der Waals surface area contributed by atoms with Crippen LogP contribution < -0.4 is 14.8 Å². The molecule has 1 aromatic rings. The van der Waals surface area contributed by atoms with Crippen molar-refractivity contribution in [3.05, 3.63) is 23.8 Å². The molecule has 1 aromatic carbocycles. The smallest absolute Gasteiger partial charge is 0.255 e. The number of ether oxygens (including phenoxy) is 2. The molecule has 0 fully saturated rings. The highest BCUT2D eigenvalue weighted by atomic mass is 35.5. The molecule has 0 aromatic heterocycles. The third-order valence-corrected chi connectivity index (χ3v) is 3.60. The molecule has 1 N–H and O–H groups in total. The topological polar surface area (TPSA) is 47.6 Å². The molecule has 0 aliphatic heterocycles. The molecule has 1 amide bonds. The summed E-state index contributed by atoms with van der Waals surface area (Å²) in [6.07, 6.45) is 1.91. The molecule has 0 aliphatic carbocycles. The second-order valence-electron chi connectivity index (χ2n) is 4.72. The van der Waals surface area contributed by atoms with Crippen LogP contribution in [0.5, 0.6) is 11.5 Å². The van der Waals surface area contributed by atoms with Crippen LogP contribution in [0, 0.1) is 5.92 Å². The fourth-order valence-corrected chi connectivity index (χ4v) is 1.97. The second kappa shape index (κ2) is 8.69. The van der Waals surface area contributed by atoms with Crippen LogP contribution in [-0.2, 0) is 0 Å². The van der Waals surface area contributed by atoms with Crippen LogP contribution in [0.4, 0.5) is 0 Å². The SMILES string of the molecule is COc1ccc(OC)c(C(=O)NCCCC(C)CCl)c1. The van der Waals surface area contributed by atoms with Gasteiger partial charge < -0.3 is 14.8 Å². The number of hydrogen-bond acceptors (Lipinski definition) is 3. The summed E-state index contributed by atoms with van der Waals surface area (Å²) in [5, 5.41) is 2.89. The minimum absolute atomic E-state index is 0.153. The van der Waals surface area contributed by atoms with Crippen molar-refractivity contribution in [3.8, 4) is 11.5 Å². The van der Waals surface area contributed by atoms with Crippen molar-refractivity contribution in [2.75, 3.05) is 26.6 Å². The largest absolute Gasteiger partial charge is 0.497 e. The number of methoxy groups -OCH3 is 2. The van der Waals surface area contributed by atoms with E-state index in [1.807, 2.05) is 0 Å². The molecule has 1 atom stereocenters. The normalized spacial score (nSPS) is 11.8. The molecule has 0 heterocycles. The van der Waals surface area contributed by atoms with Crippen LogP contribution in [0.2, 0.25) is 0 Å². The highest BCUT2D eigenvalue weighted by Crippen LogP contribution is 2.23. The van der Waals surface area contributed by atoms with Crippen molar-refractivity contribution in [3.63, 3.8) is 0 Å². The van der Waals surface area contributed by atoms with E-state index in [4.69, 9.17) is 21.1 Å². The Balaban J connectivity index is 2.58. The van der Waals surface area contributed by atoms with Crippen LogP contribution in [0.3, 0.4) is 0 Å². The Bertz CT molecular complexity index is 437. The van der Waals surface area contributed by atoms with E-state index < -0.39 is 0 Å². The van der Waals surface area contributed by atoms with Gasteiger partial charge in [0.15, 0.2) is 0 Å². The predicted molar refractivity (Wildman–Crippen MR) is 81.0 cm³/mol. The first-order valence-corrected chi connectivity index (χ1v) is 7.22. The summed E-state index contributed by atoms with van der Waals surface area (Å²) in [7, 11) is 3.11. The lowest BCUT2D eigenvalue weighted by atomic mass is 10.1.